The Labute approximate surface area is 148 Å². The number of H-pyrrole nitrogens is 1. The third kappa shape index (κ3) is 6.99. The van der Waals surface area contributed by atoms with Crippen LogP contribution in [0.3, 0.4) is 0 Å². The molecule has 0 spiro atoms. The Kier molecular flexibility index (Phi) is 8.74. The molecule has 0 aliphatic rings. The molecule has 25 heavy (non-hydrogen) atoms. The first-order valence-electron chi connectivity index (χ1n) is 8.50. The van der Waals surface area contributed by atoms with E-state index in [9.17, 15) is 14.4 Å². The summed E-state index contributed by atoms with van der Waals surface area (Å²) in [4.78, 5) is 37.0. The molecule has 0 atom stereocenters. The normalized spacial score (nSPS) is 10.4. The zero-order chi connectivity index (χ0) is 18.8. The minimum atomic E-state index is -0.390. The Morgan fingerprint density at radius 2 is 1.40 bits per heavy atom. The van der Waals surface area contributed by atoms with Crippen molar-refractivity contribution in [1.29, 1.82) is 0 Å². The highest BCUT2D eigenvalue weighted by Crippen LogP contribution is 2.23. The van der Waals surface area contributed by atoms with Gasteiger partial charge in [0.25, 0.3) is 0 Å². The van der Waals surface area contributed by atoms with Gasteiger partial charge < -0.3 is 19.2 Å². The SMILES string of the molecule is CCOC(=O)c1[nH]c(C)c(CCCOC(C)=O)c1CCCOC(C)=O. The number of aryl methyl sites for hydroxylation is 1. The molecule has 0 unspecified atom stereocenters. The lowest BCUT2D eigenvalue weighted by atomic mass is 10.00. The predicted octanol–water partition coefficient (Wildman–Crippen LogP) is 2.49. The summed E-state index contributed by atoms with van der Waals surface area (Å²) in [6, 6.07) is 0. The summed E-state index contributed by atoms with van der Waals surface area (Å²) in [5, 5.41) is 0. The largest absolute Gasteiger partial charge is 0.466 e. The van der Waals surface area contributed by atoms with Crippen LogP contribution in [0.15, 0.2) is 0 Å². The number of carbonyl (C=O) groups excluding carboxylic acids is 3. The van der Waals surface area contributed by atoms with Gasteiger partial charge in [-0.1, -0.05) is 0 Å². The zero-order valence-corrected chi connectivity index (χ0v) is 15.4. The molecule has 1 aromatic heterocycles. The number of hydrogen-bond acceptors (Lipinski definition) is 6. The van der Waals surface area contributed by atoms with Crippen molar-refractivity contribution in [1.82, 2.24) is 4.98 Å². The van der Waals surface area contributed by atoms with E-state index >= 15 is 0 Å². The summed E-state index contributed by atoms with van der Waals surface area (Å²) in [7, 11) is 0. The van der Waals surface area contributed by atoms with Crippen molar-refractivity contribution in [3.05, 3.63) is 22.5 Å². The smallest absolute Gasteiger partial charge is 0.355 e. The van der Waals surface area contributed by atoms with Gasteiger partial charge in [-0.3, -0.25) is 9.59 Å². The van der Waals surface area contributed by atoms with Crippen molar-refractivity contribution in [2.24, 2.45) is 0 Å². The van der Waals surface area contributed by atoms with Gasteiger partial charge in [-0.05, 0) is 50.7 Å². The summed E-state index contributed by atoms with van der Waals surface area (Å²) < 4.78 is 15.0. The van der Waals surface area contributed by atoms with Gasteiger partial charge in [0.2, 0.25) is 0 Å². The van der Waals surface area contributed by atoms with Gasteiger partial charge in [-0.15, -0.1) is 0 Å². The first-order valence-corrected chi connectivity index (χ1v) is 8.50. The van der Waals surface area contributed by atoms with E-state index in [0.29, 0.717) is 51.2 Å². The van der Waals surface area contributed by atoms with Gasteiger partial charge in [0.1, 0.15) is 5.69 Å². The van der Waals surface area contributed by atoms with Gasteiger partial charge in [0, 0.05) is 19.5 Å². The van der Waals surface area contributed by atoms with Crippen molar-refractivity contribution in [3.63, 3.8) is 0 Å². The van der Waals surface area contributed by atoms with Gasteiger partial charge in [0.05, 0.1) is 19.8 Å². The van der Waals surface area contributed by atoms with Crippen LogP contribution in [-0.4, -0.2) is 42.7 Å². The van der Waals surface area contributed by atoms with E-state index in [1.165, 1.54) is 13.8 Å². The van der Waals surface area contributed by atoms with Crippen LogP contribution in [0.5, 0.6) is 0 Å². The fourth-order valence-corrected chi connectivity index (χ4v) is 2.64. The molecular formula is C18H27NO6. The number of esters is 3. The molecule has 0 fully saturated rings. The summed E-state index contributed by atoms with van der Waals surface area (Å²) in [5.74, 6) is -1.02. The molecule has 0 bridgehead atoms. The highest BCUT2D eigenvalue weighted by Gasteiger charge is 2.21. The molecular weight excluding hydrogens is 326 g/mol. The van der Waals surface area contributed by atoms with E-state index in [4.69, 9.17) is 14.2 Å². The van der Waals surface area contributed by atoms with Crippen LogP contribution in [0, 0.1) is 6.92 Å². The van der Waals surface area contributed by atoms with Crippen LogP contribution in [0.25, 0.3) is 0 Å². The Bertz CT molecular complexity index is 605. The molecule has 0 amide bonds. The van der Waals surface area contributed by atoms with Gasteiger partial charge in [0.15, 0.2) is 0 Å². The third-order valence-electron chi connectivity index (χ3n) is 3.66. The highest BCUT2D eigenvalue weighted by atomic mass is 16.5. The molecule has 1 N–H and O–H groups in total. The number of ether oxygens (including phenoxy) is 3. The number of hydrogen-bond donors (Lipinski definition) is 1. The summed E-state index contributed by atoms with van der Waals surface area (Å²) in [6.45, 7) is 7.33. The zero-order valence-electron chi connectivity index (χ0n) is 15.4. The molecule has 0 aliphatic heterocycles. The molecule has 1 rings (SSSR count). The van der Waals surface area contributed by atoms with Crippen LogP contribution in [0.2, 0.25) is 0 Å². The minimum absolute atomic E-state index is 0.297. The van der Waals surface area contributed by atoms with Crippen molar-refractivity contribution >= 4 is 17.9 Å². The quantitative estimate of drug-likeness (QED) is 0.394. The van der Waals surface area contributed by atoms with E-state index in [0.717, 1.165) is 16.8 Å². The number of carbonyl (C=O) groups is 3. The number of nitrogens with one attached hydrogen (secondary N) is 1. The summed E-state index contributed by atoms with van der Waals surface area (Å²) >= 11 is 0. The molecule has 0 aliphatic carbocycles. The first-order chi connectivity index (χ1) is 11.9. The van der Waals surface area contributed by atoms with Crippen molar-refractivity contribution in [2.45, 2.75) is 53.4 Å². The van der Waals surface area contributed by atoms with Gasteiger partial charge in [-0.25, -0.2) is 4.79 Å². The van der Waals surface area contributed by atoms with E-state index in [-0.39, 0.29) is 17.9 Å². The Morgan fingerprint density at radius 3 is 1.88 bits per heavy atom. The van der Waals surface area contributed by atoms with Crippen molar-refractivity contribution in [2.75, 3.05) is 19.8 Å². The lowest BCUT2D eigenvalue weighted by molar-refractivity contribution is -0.142. The molecule has 7 heteroatoms. The van der Waals surface area contributed by atoms with E-state index < -0.39 is 0 Å². The predicted molar refractivity (Wildman–Crippen MR) is 91.4 cm³/mol. The van der Waals surface area contributed by atoms with Crippen molar-refractivity contribution in [3.8, 4) is 0 Å². The van der Waals surface area contributed by atoms with E-state index in [1.807, 2.05) is 6.92 Å². The fraction of sp³-hybridized carbons (Fsp3) is 0.611. The van der Waals surface area contributed by atoms with Crippen LogP contribution < -0.4 is 0 Å². The van der Waals surface area contributed by atoms with Crippen LogP contribution in [-0.2, 0) is 36.6 Å². The lowest BCUT2D eigenvalue weighted by Crippen LogP contribution is -2.10. The first kappa shape index (κ1) is 20.7. The number of aromatic amines is 1. The number of aromatic nitrogens is 1. The third-order valence-corrected chi connectivity index (χ3v) is 3.66. The summed E-state index contributed by atoms with van der Waals surface area (Å²) in [5.41, 5.74) is 3.25. The Morgan fingerprint density at radius 1 is 0.880 bits per heavy atom. The standard InChI is InChI=1S/C18H27NO6/c1-5-23-18(22)17-16(9-7-11-25-14(4)21)15(12(2)19-17)8-6-10-24-13(3)20/h19H,5-11H2,1-4H3. The lowest BCUT2D eigenvalue weighted by Gasteiger charge is -2.09. The Balaban J connectivity index is 2.85. The molecule has 0 saturated heterocycles. The maximum atomic E-state index is 12.2. The molecule has 0 saturated carbocycles. The van der Waals surface area contributed by atoms with Crippen LogP contribution >= 0.6 is 0 Å². The van der Waals surface area contributed by atoms with E-state index in [2.05, 4.69) is 4.98 Å². The van der Waals surface area contributed by atoms with Gasteiger partial charge in [-0.2, -0.15) is 0 Å². The second-order valence-electron chi connectivity index (χ2n) is 5.69. The van der Waals surface area contributed by atoms with E-state index in [1.54, 1.807) is 6.92 Å². The maximum absolute atomic E-state index is 12.2. The average molecular weight is 353 g/mol. The Hall–Kier alpha value is -2.31. The topological polar surface area (TPSA) is 94.7 Å². The molecule has 7 nitrogen and oxygen atoms in total. The average Bonchev–Trinajstić information content (AvgIpc) is 2.84. The highest BCUT2D eigenvalue weighted by molar-refractivity contribution is 5.90. The van der Waals surface area contributed by atoms with Gasteiger partial charge >= 0.3 is 17.9 Å². The molecule has 1 heterocycles. The van der Waals surface area contributed by atoms with Crippen molar-refractivity contribution < 1.29 is 28.6 Å². The molecule has 140 valence electrons. The fourth-order valence-electron chi connectivity index (χ4n) is 2.64. The van der Waals surface area contributed by atoms with Crippen LogP contribution in [0.4, 0.5) is 0 Å². The molecule has 1 aromatic rings. The molecule has 0 radical (unpaired) electrons. The second kappa shape index (κ2) is 10.5. The molecule has 0 aromatic carbocycles. The number of rotatable bonds is 10. The monoisotopic (exact) mass is 353 g/mol. The van der Waals surface area contributed by atoms with Crippen LogP contribution in [0.1, 0.15) is 60.9 Å². The second-order valence-corrected chi connectivity index (χ2v) is 5.69. The maximum Gasteiger partial charge on any atom is 0.355 e. The summed E-state index contributed by atoms with van der Waals surface area (Å²) in [6.07, 6.45) is 2.55. The minimum Gasteiger partial charge on any atom is -0.466 e.